The van der Waals surface area contributed by atoms with E-state index < -0.39 is 42.6 Å². The molecule has 9 heteroatoms. The summed E-state index contributed by atoms with van der Waals surface area (Å²) in [7, 11) is 0. The second kappa shape index (κ2) is 22.5. The highest BCUT2D eigenvalue weighted by Gasteiger charge is 2.31. The van der Waals surface area contributed by atoms with Crippen LogP contribution in [0, 0.1) is 0 Å². The van der Waals surface area contributed by atoms with E-state index in [-0.39, 0.29) is 37.6 Å². The molecule has 9 nitrogen and oxygen atoms in total. The first-order valence-electron chi connectivity index (χ1n) is 17.8. The van der Waals surface area contributed by atoms with Crippen molar-refractivity contribution in [2.24, 2.45) is 0 Å². The highest BCUT2D eigenvalue weighted by molar-refractivity contribution is 5.90. The summed E-state index contributed by atoms with van der Waals surface area (Å²) < 4.78 is 11.1. The van der Waals surface area contributed by atoms with Gasteiger partial charge in [0.2, 0.25) is 0 Å². The predicted octanol–water partition coefficient (Wildman–Crippen LogP) is 5.00. The molecule has 0 aromatic carbocycles. The molecule has 9 atom stereocenters. The summed E-state index contributed by atoms with van der Waals surface area (Å²) >= 11 is 0. The number of carbonyl (C=O) groups excluding carboxylic acids is 1. The topological polar surface area (TPSA) is 157 Å². The van der Waals surface area contributed by atoms with Gasteiger partial charge in [-0.3, -0.25) is 0 Å². The van der Waals surface area contributed by atoms with Crippen LogP contribution < -0.4 is 0 Å². The van der Waals surface area contributed by atoms with Crippen molar-refractivity contribution in [2.75, 3.05) is 0 Å². The van der Waals surface area contributed by atoms with Crippen LogP contribution in [0.3, 0.4) is 0 Å². The molecule has 0 aliphatic carbocycles. The van der Waals surface area contributed by atoms with E-state index in [1.807, 2.05) is 0 Å². The zero-order valence-corrected chi connectivity index (χ0v) is 27.5. The zero-order valence-electron chi connectivity index (χ0n) is 27.5. The van der Waals surface area contributed by atoms with Crippen LogP contribution >= 0.6 is 0 Å². The van der Waals surface area contributed by atoms with Crippen molar-refractivity contribution in [1.82, 2.24) is 0 Å². The lowest BCUT2D eigenvalue weighted by atomic mass is 9.97. The summed E-state index contributed by atoms with van der Waals surface area (Å²) in [6.07, 6.45) is 13.8. The monoisotopic (exact) mass is 628 g/mol. The van der Waals surface area contributed by atoms with Crippen LogP contribution in [0.1, 0.15) is 149 Å². The van der Waals surface area contributed by atoms with Crippen molar-refractivity contribution in [2.45, 2.75) is 204 Å². The molecule has 1 saturated heterocycles. The van der Waals surface area contributed by atoms with Crippen LogP contribution in [0.5, 0.6) is 0 Å². The van der Waals surface area contributed by atoms with Crippen molar-refractivity contribution < 1.29 is 44.9 Å². The molecule has 0 unspecified atom stereocenters. The molecule has 0 saturated carbocycles. The van der Waals surface area contributed by atoms with Gasteiger partial charge in [0, 0.05) is 12.0 Å². The molecular weight excluding hydrogens is 564 g/mol. The van der Waals surface area contributed by atoms with Crippen LogP contribution in [-0.2, 0) is 14.3 Å². The number of aliphatic hydroxyl groups is 6. The standard InChI is InChI=1S/C35H64O9/c1-3-4-5-6-7-8-9-10-11-12-15-29(37)32(40)20-21-33(41)34-22-18-28(44-34)14-13-16-30(38)31(39)19-17-27(36)24-26-23-25(2)43-35(26)42/h23,25,27-34,36-41H,3-22,24H2,1-2H3/t25-,27+,28-,29+,30-,31+,32-,33+,34+/m0/s1. The molecule has 0 aromatic heterocycles. The molecule has 0 radical (unpaired) electrons. The molecule has 0 spiro atoms. The third-order valence-corrected chi connectivity index (χ3v) is 9.34. The molecule has 2 aliphatic heterocycles. The maximum atomic E-state index is 11.7. The molecule has 1 fully saturated rings. The van der Waals surface area contributed by atoms with Gasteiger partial charge in [-0.2, -0.15) is 0 Å². The van der Waals surface area contributed by atoms with Gasteiger partial charge < -0.3 is 40.1 Å². The van der Waals surface area contributed by atoms with Gasteiger partial charge in [-0.1, -0.05) is 71.1 Å². The van der Waals surface area contributed by atoms with Crippen molar-refractivity contribution in [1.29, 1.82) is 0 Å². The molecule has 44 heavy (non-hydrogen) atoms. The Bertz CT molecular complexity index is 790. The van der Waals surface area contributed by atoms with Crippen LogP contribution in [0.25, 0.3) is 0 Å². The molecule has 2 aliphatic rings. The first-order chi connectivity index (χ1) is 21.1. The van der Waals surface area contributed by atoms with E-state index in [1.165, 1.54) is 51.4 Å². The predicted molar refractivity (Wildman–Crippen MR) is 171 cm³/mol. The Balaban J connectivity index is 1.50. The van der Waals surface area contributed by atoms with Crippen molar-refractivity contribution in [3.05, 3.63) is 11.6 Å². The van der Waals surface area contributed by atoms with Gasteiger partial charge >= 0.3 is 5.97 Å². The van der Waals surface area contributed by atoms with Gasteiger partial charge in [-0.25, -0.2) is 4.79 Å². The van der Waals surface area contributed by atoms with Crippen LogP contribution in [-0.4, -0.2) is 91.5 Å². The normalized spacial score (nSPS) is 24.5. The second-order valence-corrected chi connectivity index (χ2v) is 13.4. The first-order valence-corrected chi connectivity index (χ1v) is 17.8. The Morgan fingerprint density at radius 1 is 0.705 bits per heavy atom. The van der Waals surface area contributed by atoms with Gasteiger partial charge in [-0.05, 0) is 77.2 Å². The largest absolute Gasteiger partial charge is 0.455 e. The van der Waals surface area contributed by atoms with Crippen LogP contribution in [0.4, 0.5) is 0 Å². The summed E-state index contributed by atoms with van der Waals surface area (Å²) in [5, 5.41) is 62.3. The molecule has 2 rings (SSSR count). The Morgan fingerprint density at radius 3 is 1.84 bits per heavy atom. The molecule has 258 valence electrons. The minimum atomic E-state index is -0.959. The maximum Gasteiger partial charge on any atom is 0.334 e. The fourth-order valence-corrected chi connectivity index (χ4v) is 6.42. The summed E-state index contributed by atoms with van der Waals surface area (Å²) in [4.78, 5) is 11.7. The van der Waals surface area contributed by atoms with E-state index in [0.29, 0.717) is 44.1 Å². The minimum Gasteiger partial charge on any atom is -0.455 e. The Kier molecular flexibility index (Phi) is 20.0. The highest BCUT2D eigenvalue weighted by atomic mass is 16.5. The number of hydrogen-bond donors (Lipinski definition) is 6. The lowest BCUT2D eigenvalue weighted by molar-refractivity contribution is -0.139. The summed E-state index contributed by atoms with van der Waals surface area (Å²) in [6, 6.07) is 0. The fourth-order valence-electron chi connectivity index (χ4n) is 6.42. The second-order valence-electron chi connectivity index (χ2n) is 13.4. The summed E-state index contributed by atoms with van der Waals surface area (Å²) in [5.41, 5.74) is 0.452. The van der Waals surface area contributed by atoms with E-state index in [1.54, 1.807) is 13.0 Å². The number of hydrogen-bond acceptors (Lipinski definition) is 9. The van der Waals surface area contributed by atoms with Gasteiger partial charge in [0.25, 0.3) is 0 Å². The Hall–Kier alpha value is -1.07. The Labute approximate surface area is 266 Å². The summed E-state index contributed by atoms with van der Waals surface area (Å²) in [6.45, 7) is 3.99. The van der Waals surface area contributed by atoms with E-state index in [2.05, 4.69) is 6.92 Å². The maximum absolute atomic E-state index is 11.7. The van der Waals surface area contributed by atoms with Crippen molar-refractivity contribution >= 4 is 5.97 Å². The third kappa shape index (κ3) is 16.0. The molecule has 6 N–H and O–H groups in total. The number of rotatable bonds is 26. The van der Waals surface area contributed by atoms with E-state index in [0.717, 1.165) is 25.7 Å². The molecule has 0 amide bonds. The molecule has 0 bridgehead atoms. The lowest BCUT2D eigenvalue weighted by Crippen LogP contribution is -2.31. The van der Waals surface area contributed by atoms with Crippen LogP contribution in [0.15, 0.2) is 11.6 Å². The number of carbonyl (C=O) groups is 1. The van der Waals surface area contributed by atoms with Gasteiger partial charge in [0.15, 0.2) is 0 Å². The quantitative estimate of drug-likeness (QED) is 0.0573. The van der Waals surface area contributed by atoms with Gasteiger partial charge in [-0.15, -0.1) is 0 Å². The molecule has 2 heterocycles. The first kappa shape index (κ1) is 39.1. The number of ether oxygens (including phenoxy) is 2. The van der Waals surface area contributed by atoms with E-state index >= 15 is 0 Å². The van der Waals surface area contributed by atoms with E-state index in [9.17, 15) is 35.4 Å². The zero-order chi connectivity index (χ0) is 32.3. The summed E-state index contributed by atoms with van der Waals surface area (Å²) in [5.74, 6) is -0.410. The lowest BCUT2D eigenvalue weighted by Gasteiger charge is -2.23. The van der Waals surface area contributed by atoms with Gasteiger partial charge in [0.1, 0.15) is 6.10 Å². The van der Waals surface area contributed by atoms with Crippen molar-refractivity contribution in [3.63, 3.8) is 0 Å². The molecular formula is C35H64O9. The third-order valence-electron chi connectivity index (χ3n) is 9.34. The highest BCUT2D eigenvalue weighted by Crippen LogP contribution is 2.28. The van der Waals surface area contributed by atoms with Gasteiger partial charge in [0.05, 0.1) is 48.8 Å². The minimum absolute atomic E-state index is 0.0190. The molecule has 0 aromatic rings. The number of cyclic esters (lactones) is 1. The Morgan fingerprint density at radius 2 is 1.25 bits per heavy atom. The average molecular weight is 629 g/mol. The number of aliphatic hydroxyl groups excluding tert-OH is 6. The number of unbranched alkanes of at least 4 members (excludes halogenated alkanes) is 9. The van der Waals surface area contributed by atoms with Crippen molar-refractivity contribution in [3.8, 4) is 0 Å². The SMILES string of the molecule is CCCCCCCCCCCC[C@@H](O)[C@@H](O)CC[C@@H](O)[C@H]1CC[C@H](CCC[C@H](O)[C@H](O)CC[C@@H](O)CC2=C[C@H](C)OC2=O)O1. The fraction of sp³-hybridized carbons (Fsp3) is 0.914. The smallest absolute Gasteiger partial charge is 0.334 e. The number of esters is 1. The van der Waals surface area contributed by atoms with E-state index in [4.69, 9.17) is 9.47 Å². The average Bonchev–Trinajstić information content (AvgIpc) is 3.60. The van der Waals surface area contributed by atoms with Crippen LogP contribution in [0.2, 0.25) is 0 Å².